The van der Waals surface area contributed by atoms with E-state index in [9.17, 15) is 4.79 Å². The summed E-state index contributed by atoms with van der Waals surface area (Å²) in [5.74, 6) is 0.573. The van der Waals surface area contributed by atoms with Gasteiger partial charge in [0.05, 0.1) is 0 Å². The predicted octanol–water partition coefficient (Wildman–Crippen LogP) is 4.54. The largest absolute Gasteiger partial charge is 0.286 e. The van der Waals surface area contributed by atoms with E-state index >= 15 is 0 Å². The molecule has 2 rings (SSSR count). The van der Waals surface area contributed by atoms with Crippen molar-refractivity contribution in [3.8, 4) is 0 Å². The molecule has 1 fully saturated rings. The molecule has 1 nitrogen and oxygen atoms in total. The molecule has 0 bridgehead atoms. The molecule has 0 amide bonds. The van der Waals surface area contributed by atoms with Crippen LogP contribution in [0, 0.1) is 17.3 Å². The smallest absolute Gasteiger partial charge is 0.197 e. The Labute approximate surface area is 114 Å². The average molecular weight is 260 g/mol. The van der Waals surface area contributed by atoms with Crippen LogP contribution in [0.5, 0.6) is 0 Å². The van der Waals surface area contributed by atoms with Gasteiger partial charge >= 0.3 is 0 Å². The fraction of sp³-hybridized carbons (Fsp3) is 0.438. The quantitative estimate of drug-likeness (QED) is 0.586. The zero-order valence-corrected chi connectivity index (χ0v) is 12.3. The van der Waals surface area contributed by atoms with Gasteiger partial charge in [0.1, 0.15) is 0 Å². The van der Waals surface area contributed by atoms with E-state index in [0.29, 0.717) is 11.0 Å². The highest BCUT2D eigenvalue weighted by Gasteiger charge is 2.60. The Balaban J connectivity index is 2.05. The topological polar surface area (TPSA) is 17.1 Å². The minimum absolute atomic E-state index is 0.121. The van der Waals surface area contributed by atoms with Crippen molar-refractivity contribution >= 4 is 16.9 Å². The molecule has 18 heavy (non-hydrogen) atoms. The van der Waals surface area contributed by atoms with Crippen LogP contribution in [0.1, 0.15) is 27.7 Å². The second kappa shape index (κ2) is 4.93. The first kappa shape index (κ1) is 13.4. The maximum Gasteiger partial charge on any atom is 0.197 e. The number of hydrogen-bond acceptors (Lipinski definition) is 2. The summed E-state index contributed by atoms with van der Waals surface area (Å²) in [5, 5.41) is 0.300. The highest BCUT2D eigenvalue weighted by molar-refractivity contribution is 8.13. The Bertz CT molecular complexity index is 469. The lowest BCUT2D eigenvalue weighted by Crippen LogP contribution is -2.00. The fourth-order valence-corrected chi connectivity index (χ4v) is 3.57. The number of hydrogen-bond donors (Lipinski definition) is 0. The van der Waals surface area contributed by atoms with E-state index in [1.807, 2.05) is 30.3 Å². The number of thioether (sulfide) groups is 1. The van der Waals surface area contributed by atoms with Gasteiger partial charge < -0.3 is 0 Å². The SMILES string of the molecule is CC(C)=C[C@H]1[C@@H](C(=O)Sc2ccccc2)C1(C)C. The summed E-state index contributed by atoms with van der Waals surface area (Å²) in [7, 11) is 0. The van der Waals surface area contributed by atoms with Crippen molar-refractivity contribution in [3.63, 3.8) is 0 Å². The van der Waals surface area contributed by atoms with Crippen LogP contribution in [-0.2, 0) is 4.79 Å². The molecule has 0 spiro atoms. The number of benzene rings is 1. The number of carbonyl (C=O) groups is 1. The summed E-state index contributed by atoms with van der Waals surface area (Å²) in [6.07, 6.45) is 2.24. The molecular weight excluding hydrogens is 240 g/mol. The van der Waals surface area contributed by atoms with Crippen molar-refractivity contribution in [1.29, 1.82) is 0 Å². The summed E-state index contributed by atoms with van der Waals surface area (Å²) >= 11 is 1.38. The van der Waals surface area contributed by atoms with E-state index in [1.165, 1.54) is 17.3 Å². The third-order valence-electron chi connectivity index (χ3n) is 3.64. The lowest BCUT2D eigenvalue weighted by atomic mass is 10.1. The first-order valence-corrected chi connectivity index (χ1v) is 7.16. The fourth-order valence-electron chi connectivity index (χ4n) is 2.47. The molecular formula is C16H20OS. The van der Waals surface area contributed by atoms with E-state index in [1.54, 1.807) is 0 Å². The molecule has 1 aliphatic carbocycles. The van der Waals surface area contributed by atoms with Crippen LogP contribution in [0.15, 0.2) is 46.9 Å². The second-order valence-electron chi connectivity index (χ2n) is 5.80. The maximum atomic E-state index is 12.3. The van der Waals surface area contributed by atoms with Crippen LogP contribution in [0.3, 0.4) is 0 Å². The number of carbonyl (C=O) groups excluding carboxylic acids is 1. The van der Waals surface area contributed by atoms with Gasteiger partial charge in [-0.1, -0.05) is 55.5 Å². The molecule has 0 aliphatic heterocycles. The lowest BCUT2D eigenvalue weighted by molar-refractivity contribution is -0.112. The van der Waals surface area contributed by atoms with Gasteiger partial charge in [0.15, 0.2) is 5.12 Å². The molecule has 2 atom stereocenters. The lowest BCUT2D eigenvalue weighted by Gasteiger charge is -2.01. The van der Waals surface area contributed by atoms with Gasteiger partial charge in [-0.15, -0.1) is 0 Å². The molecule has 1 aromatic rings. The molecule has 0 N–H and O–H groups in total. The van der Waals surface area contributed by atoms with Crippen molar-refractivity contribution < 1.29 is 4.79 Å². The Kier molecular flexibility index (Phi) is 3.67. The number of allylic oxidation sites excluding steroid dienone is 2. The average Bonchev–Trinajstić information content (AvgIpc) is 2.80. The molecule has 0 radical (unpaired) electrons. The Morgan fingerprint density at radius 2 is 1.83 bits per heavy atom. The second-order valence-corrected chi connectivity index (χ2v) is 6.88. The predicted molar refractivity (Wildman–Crippen MR) is 77.5 cm³/mol. The van der Waals surface area contributed by atoms with Crippen molar-refractivity contribution in [1.82, 2.24) is 0 Å². The van der Waals surface area contributed by atoms with Crippen molar-refractivity contribution in [2.45, 2.75) is 32.6 Å². The van der Waals surface area contributed by atoms with Gasteiger partial charge in [-0.25, -0.2) is 0 Å². The van der Waals surface area contributed by atoms with E-state index in [4.69, 9.17) is 0 Å². The Hall–Kier alpha value is -1.02. The van der Waals surface area contributed by atoms with Gasteiger partial charge in [-0.05, 0) is 37.3 Å². The highest BCUT2D eigenvalue weighted by atomic mass is 32.2. The molecule has 96 valence electrons. The normalized spacial score (nSPS) is 24.4. The van der Waals surface area contributed by atoms with Crippen LogP contribution in [0.2, 0.25) is 0 Å². The molecule has 0 aromatic heterocycles. The maximum absolute atomic E-state index is 12.3. The van der Waals surface area contributed by atoms with E-state index in [-0.39, 0.29) is 11.3 Å². The summed E-state index contributed by atoms with van der Waals surface area (Å²) in [6.45, 7) is 8.57. The molecule has 1 aliphatic rings. The monoisotopic (exact) mass is 260 g/mol. The van der Waals surface area contributed by atoms with Gasteiger partial charge in [0.25, 0.3) is 0 Å². The first-order chi connectivity index (χ1) is 8.43. The summed E-state index contributed by atoms with van der Waals surface area (Å²) in [4.78, 5) is 13.4. The van der Waals surface area contributed by atoms with E-state index in [0.717, 1.165) is 4.90 Å². The zero-order valence-electron chi connectivity index (χ0n) is 11.4. The minimum atomic E-state index is 0.121. The molecule has 1 aromatic carbocycles. The summed E-state index contributed by atoms with van der Waals surface area (Å²) in [5.41, 5.74) is 1.42. The van der Waals surface area contributed by atoms with Crippen LogP contribution in [0.25, 0.3) is 0 Å². The molecule has 0 saturated heterocycles. The van der Waals surface area contributed by atoms with Crippen molar-refractivity contribution in [2.75, 3.05) is 0 Å². The standard InChI is InChI=1S/C16H20OS/c1-11(2)10-13-14(16(13,3)4)15(17)18-12-8-6-5-7-9-12/h5-10,13-14H,1-4H3/t13-,14-/m0/s1. The third-order valence-corrected chi connectivity index (χ3v) is 4.60. The Morgan fingerprint density at radius 1 is 1.22 bits per heavy atom. The minimum Gasteiger partial charge on any atom is -0.286 e. The number of rotatable bonds is 3. The molecule has 1 saturated carbocycles. The third kappa shape index (κ3) is 2.69. The summed E-state index contributed by atoms with van der Waals surface area (Å²) < 4.78 is 0. The summed E-state index contributed by atoms with van der Waals surface area (Å²) in [6, 6.07) is 9.91. The first-order valence-electron chi connectivity index (χ1n) is 6.34. The zero-order chi connectivity index (χ0) is 13.3. The van der Waals surface area contributed by atoms with Crippen molar-refractivity contribution in [2.24, 2.45) is 17.3 Å². The van der Waals surface area contributed by atoms with Gasteiger partial charge in [0, 0.05) is 10.8 Å². The Morgan fingerprint density at radius 3 is 2.39 bits per heavy atom. The van der Waals surface area contributed by atoms with Gasteiger partial charge in [-0.2, -0.15) is 0 Å². The molecule has 0 heterocycles. The van der Waals surface area contributed by atoms with Crippen LogP contribution in [-0.4, -0.2) is 5.12 Å². The van der Waals surface area contributed by atoms with Gasteiger partial charge in [-0.3, -0.25) is 4.79 Å². The van der Waals surface area contributed by atoms with Crippen LogP contribution >= 0.6 is 11.8 Å². The van der Waals surface area contributed by atoms with Crippen LogP contribution < -0.4 is 0 Å². The van der Waals surface area contributed by atoms with Crippen LogP contribution in [0.4, 0.5) is 0 Å². The molecule has 0 unspecified atom stereocenters. The van der Waals surface area contributed by atoms with Gasteiger partial charge in [0.2, 0.25) is 0 Å². The van der Waals surface area contributed by atoms with E-state index in [2.05, 4.69) is 33.8 Å². The van der Waals surface area contributed by atoms with E-state index < -0.39 is 0 Å². The highest BCUT2D eigenvalue weighted by Crippen LogP contribution is 2.61. The molecule has 2 heteroatoms. The van der Waals surface area contributed by atoms with Crippen molar-refractivity contribution in [3.05, 3.63) is 42.0 Å².